The quantitative estimate of drug-likeness (QED) is 0.761. The molecule has 0 aromatic carbocycles. The monoisotopic (exact) mass is 296 g/mol. The molecule has 3 heteroatoms. The van der Waals surface area contributed by atoms with Crippen LogP contribution < -0.4 is 5.32 Å². The molecule has 0 amide bonds. The van der Waals surface area contributed by atoms with Crippen molar-refractivity contribution in [3.8, 4) is 0 Å². The largest absolute Gasteiger partial charge is 0.373 e. The minimum absolute atomic E-state index is 0.386. The van der Waals surface area contributed by atoms with Gasteiger partial charge in [-0.05, 0) is 51.0 Å². The molecule has 2 atom stereocenters. The van der Waals surface area contributed by atoms with Crippen LogP contribution in [-0.2, 0) is 4.74 Å². The number of nitrogens with one attached hydrogen (secondary N) is 1. The third kappa shape index (κ3) is 5.22. The number of rotatable bonds is 6. The van der Waals surface area contributed by atoms with Gasteiger partial charge < -0.3 is 10.1 Å². The summed E-state index contributed by atoms with van der Waals surface area (Å²) in [6.45, 7) is 14.9. The molecule has 1 saturated carbocycles. The van der Waals surface area contributed by atoms with Crippen LogP contribution in [0.5, 0.6) is 0 Å². The van der Waals surface area contributed by atoms with Crippen molar-refractivity contribution in [3.05, 3.63) is 0 Å². The fourth-order valence-corrected chi connectivity index (χ4v) is 4.18. The van der Waals surface area contributed by atoms with Gasteiger partial charge in [-0.1, -0.05) is 26.7 Å². The third-order valence-electron chi connectivity index (χ3n) is 5.32. The molecule has 1 saturated heterocycles. The molecule has 2 fully saturated rings. The molecule has 21 heavy (non-hydrogen) atoms. The van der Waals surface area contributed by atoms with Gasteiger partial charge in [0.05, 0.1) is 12.2 Å². The number of hydrogen-bond donors (Lipinski definition) is 1. The highest BCUT2D eigenvalue weighted by atomic mass is 16.5. The van der Waals surface area contributed by atoms with Gasteiger partial charge in [0.2, 0.25) is 0 Å². The first-order valence-electron chi connectivity index (χ1n) is 9.11. The molecular weight excluding hydrogens is 260 g/mol. The topological polar surface area (TPSA) is 24.5 Å². The zero-order valence-corrected chi connectivity index (χ0v) is 14.7. The van der Waals surface area contributed by atoms with Crippen LogP contribution in [0.4, 0.5) is 0 Å². The molecule has 0 radical (unpaired) electrons. The van der Waals surface area contributed by atoms with Crippen LogP contribution in [0.3, 0.4) is 0 Å². The summed E-state index contributed by atoms with van der Waals surface area (Å²) in [5.74, 6) is 0.923. The lowest BCUT2D eigenvalue weighted by molar-refractivity contribution is -0.0811. The van der Waals surface area contributed by atoms with Crippen LogP contribution in [0.25, 0.3) is 0 Å². The van der Waals surface area contributed by atoms with Gasteiger partial charge in [-0.2, -0.15) is 0 Å². The molecule has 0 aromatic rings. The van der Waals surface area contributed by atoms with E-state index in [1.165, 1.54) is 45.2 Å². The minimum atomic E-state index is 0.386. The summed E-state index contributed by atoms with van der Waals surface area (Å²) in [5, 5.41) is 3.71. The van der Waals surface area contributed by atoms with E-state index in [1.54, 1.807) is 0 Å². The van der Waals surface area contributed by atoms with E-state index < -0.39 is 0 Å². The Labute approximate surface area is 131 Å². The van der Waals surface area contributed by atoms with Crippen LogP contribution in [0.15, 0.2) is 0 Å². The minimum Gasteiger partial charge on any atom is -0.373 e. The first-order chi connectivity index (χ1) is 10.0. The Bertz CT molecular complexity index is 290. The normalized spacial score (nSPS) is 38.6. The predicted molar refractivity (Wildman–Crippen MR) is 89.7 cm³/mol. The summed E-state index contributed by atoms with van der Waals surface area (Å²) in [7, 11) is 0. The van der Waals surface area contributed by atoms with E-state index in [0.717, 1.165) is 25.6 Å². The maximum absolute atomic E-state index is 5.90. The standard InChI is InChI=1S/C18H36N2O/c1-5-10-19-13-18(8-6-15(2)7-9-18)14-20-11-16(3)21-17(4)12-20/h15-17,19H,5-14H2,1-4H3/t15?,16-,17+,18?. The Morgan fingerprint density at radius 1 is 1.10 bits per heavy atom. The van der Waals surface area contributed by atoms with E-state index in [9.17, 15) is 0 Å². The molecular formula is C18H36N2O. The highest BCUT2D eigenvalue weighted by Crippen LogP contribution is 2.39. The summed E-state index contributed by atoms with van der Waals surface area (Å²) in [6, 6.07) is 0. The molecule has 1 aliphatic carbocycles. The lowest BCUT2D eigenvalue weighted by atomic mass is 9.70. The maximum Gasteiger partial charge on any atom is 0.0678 e. The van der Waals surface area contributed by atoms with Crippen molar-refractivity contribution in [1.29, 1.82) is 0 Å². The molecule has 0 unspecified atom stereocenters. The van der Waals surface area contributed by atoms with Gasteiger partial charge in [0, 0.05) is 26.2 Å². The Morgan fingerprint density at radius 2 is 1.71 bits per heavy atom. The third-order valence-corrected chi connectivity index (χ3v) is 5.32. The van der Waals surface area contributed by atoms with Crippen molar-refractivity contribution < 1.29 is 4.74 Å². The van der Waals surface area contributed by atoms with Gasteiger partial charge in [0.1, 0.15) is 0 Å². The zero-order valence-electron chi connectivity index (χ0n) is 14.7. The highest BCUT2D eigenvalue weighted by molar-refractivity contribution is 4.90. The molecule has 0 spiro atoms. The Kier molecular flexibility index (Phi) is 6.51. The van der Waals surface area contributed by atoms with Gasteiger partial charge in [0.15, 0.2) is 0 Å². The van der Waals surface area contributed by atoms with Crippen LogP contribution in [0.1, 0.15) is 59.8 Å². The number of morpholine rings is 1. The fraction of sp³-hybridized carbons (Fsp3) is 1.00. The Balaban J connectivity index is 1.94. The van der Waals surface area contributed by atoms with Gasteiger partial charge in [-0.15, -0.1) is 0 Å². The van der Waals surface area contributed by atoms with Crippen LogP contribution in [0.2, 0.25) is 0 Å². The number of hydrogen-bond acceptors (Lipinski definition) is 3. The second-order valence-electron chi connectivity index (χ2n) is 7.81. The molecule has 1 N–H and O–H groups in total. The molecule has 2 aliphatic rings. The molecule has 1 heterocycles. The van der Waals surface area contributed by atoms with E-state index in [2.05, 4.69) is 37.9 Å². The zero-order chi connectivity index (χ0) is 15.3. The van der Waals surface area contributed by atoms with Crippen LogP contribution >= 0.6 is 0 Å². The van der Waals surface area contributed by atoms with E-state index in [1.807, 2.05) is 0 Å². The van der Waals surface area contributed by atoms with Gasteiger partial charge >= 0.3 is 0 Å². The summed E-state index contributed by atoms with van der Waals surface area (Å²) in [5.41, 5.74) is 0.498. The second kappa shape index (κ2) is 7.94. The highest BCUT2D eigenvalue weighted by Gasteiger charge is 2.37. The molecule has 0 bridgehead atoms. The smallest absolute Gasteiger partial charge is 0.0678 e. The summed E-state index contributed by atoms with van der Waals surface area (Å²) in [6.07, 6.45) is 7.61. The molecule has 2 rings (SSSR count). The molecule has 124 valence electrons. The summed E-state index contributed by atoms with van der Waals surface area (Å²) < 4.78 is 5.90. The van der Waals surface area contributed by atoms with E-state index in [4.69, 9.17) is 4.74 Å². The molecule has 1 aliphatic heterocycles. The maximum atomic E-state index is 5.90. The fourth-order valence-electron chi connectivity index (χ4n) is 4.18. The molecule has 3 nitrogen and oxygen atoms in total. The number of ether oxygens (including phenoxy) is 1. The average Bonchev–Trinajstić information content (AvgIpc) is 2.41. The van der Waals surface area contributed by atoms with Gasteiger partial charge in [0.25, 0.3) is 0 Å². The van der Waals surface area contributed by atoms with Crippen molar-refractivity contribution in [1.82, 2.24) is 10.2 Å². The number of nitrogens with zero attached hydrogens (tertiary/aromatic N) is 1. The summed E-state index contributed by atoms with van der Waals surface area (Å²) in [4.78, 5) is 2.67. The van der Waals surface area contributed by atoms with Crippen LogP contribution in [0, 0.1) is 11.3 Å². The van der Waals surface area contributed by atoms with Crippen molar-refractivity contribution in [2.45, 2.75) is 72.0 Å². The first kappa shape index (κ1) is 17.2. The van der Waals surface area contributed by atoms with Gasteiger partial charge in [-0.3, -0.25) is 4.90 Å². The average molecular weight is 296 g/mol. The van der Waals surface area contributed by atoms with E-state index in [0.29, 0.717) is 17.6 Å². The SMILES string of the molecule is CCCNCC1(CN2C[C@@H](C)O[C@@H](C)C2)CCC(C)CC1. The van der Waals surface area contributed by atoms with Crippen molar-refractivity contribution in [2.75, 3.05) is 32.7 Å². The van der Waals surface area contributed by atoms with E-state index >= 15 is 0 Å². The van der Waals surface area contributed by atoms with Crippen molar-refractivity contribution >= 4 is 0 Å². The Hall–Kier alpha value is -0.120. The van der Waals surface area contributed by atoms with Crippen LogP contribution in [-0.4, -0.2) is 49.8 Å². The Morgan fingerprint density at radius 3 is 2.29 bits per heavy atom. The lowest BCUT2D eigenvalue weighted by Crippen LogP contribution is -2.52. The lowest BCUT2D eigenvalue weighted by Gasteiger charge is -2.45. The van der Waals surface area contributed by atoms with Crippen molar-refractivity contribution in [3.63, 3.8) is 0 Å². The first-order valence-corrected chi connectivity index (χ1v) is 9.11. The summed E-state index contributed by atoms with van der Waals surface area (Å²) >= 11 is 0. The molecule has 0 aromatic heterocycles. The van der Waals surface area contributed by atoms with E-state index in [-0.39, 0.29) is 0 Å². The predicted octanol–water partition coefficient (Wildman–Crippen LogP) is 3.29. The van der Waals surface area contributed by atoms with Crippen molar-refractivity contribution in [2.24, 2.45) is 11.3 Å². The second-order valence-corrected chi connectivity index (χ2v) is 7.81. The van der Waals surface area contributed by atoms with Gasteiger partial charge in [-0.25, -0.2) is 0 Å².